The highest BCUT2D eigenvalue weighted by atomic mass is 35.5. The minimum atomic E-state index is -0.529. The first-order valence-electron chi connectivity index (χ1n) is 7.21. The second kappa shape index (κ2) is 5.66. The number of Topliss-reactive ketones (excluding diaryl/α,β-unsaturated/α-hetero) is 1. The molecule has 0 aromatic carbocycles. The number of ketones is 1. The van der Waals surface area contributed by atoms with Crippen LogP contribution in [0.25, 0.3) is 0 Å². The van der Waals surface area contributed by atoms with Gasteiger partial charge in [-0.3, -0.25) is 9.59 Å². The van der Waals surface area contributed by atoms with Crippen molar-refractivity contribution in [3.8, 4) is 0 Å². The fraction of sp³-hybridized carbons (Fsp3) is 0.733. The van der Waals surface area contributed by atoms with E-state index in [2.05, 4.69) is 0 Å². The summed E-state index contributed by atoms with van der Waals surface area (Å²) in [5, 5.41) is 0.344. The third-order valence-corrected chi connectivity index (χ3v) is 5.06. The van der Waals surface area contributed by atoms with Crippen LogP contribution in [0.3, 0.4) is 0 Å². The quantitative estimate of drug-likeness (QED) is 0.780. The molecule has 0 saturated carbocycles. The fourth-order valence-electron chi connectivity index (χ4n) is 3.43. The monoisotopic (exact) mass is 283 g/mol. The molecule has 1 fully saturated rings. The van der Waals surface area contributed by atoms with Crippen LogP contribution in [0.4, 0.5) is 0 Å². The molecule has 1 aliphatic heterocycles. The molecular weight excluding hydrogens is 262 g/mol. The van der Waals surface area contributed by atoms with Gasteiger partial charge in [0.1, 0.15) is 0 Å². The van der Waals surface area contributed by atoms with E-state index >= 15 is 0 Å². The van der Waals surface area contributed by atoms with Crippen molar-refractivity contribution in [1.82, 2.24) is 4.90 Å². The molecule has 1 atom stereocenters. The van der Waals surface area contributed by atoms with Crippen molar-refractivity contribution in [2.75, 3.05) is 13.6 Å². The lowest BCUT2D eigenvalue weighted by atomic mass is 9.69. The van der Waals surface area contributed by atoms with Crippen molar-refractivity contribution in [3.05, 3.63) is 10.6 Å². The molecule has 4 heteroatoms. The predicted molar refractivity (Wildman–Crippen MR) is 75.9 cm³/mol. The Labute approximate surface area is 120 Å². The van der Waals surface area contributed by atoms with Crippen molar-refractivity contribution in [3.63, 3.8) is 0 Å². The van der Waals surface area contributed by atoms with Crippen molar-refractivity contribution < 1.29 is 9.59 Å². The van der Waals surface area contributed by atoms with E-state index < -0.39 is 5.41 Å². The number of hydrogen-bond acceptors (Lipinski definition) is 2. The smallest absolute Gasteiger partial charge is 0.232 e. The number of nitrogens with zero attached hydrogens (tertiary/aromatic N) is 1. The molecule has 0 N–H and O–H groups in total. The summed E-state index contributed by atoms with van der Waals surface area (Å²) < 4.78 is 0. The number of likely N-dealkylation sites (tertiary alicyclic amines) is 1. The maximum Gasteiger partial charge on any atom is 0.232 e. The second-order valence-electron chi connectivity index (χ2n) is 5.69. The average Bonchev–Trinajstić information content (AvgIpc) is 2.55. The first kappa shape index (κ1) is 14.6. The fourth-order valence-corrected chi connectivity index (χ4v) is 3.80. The number of hydrogen-bond donors (Lipinski definition) is 0. The lowest BCUT2D eigenvalue weighted by Crippen LogP contribution is -2.42. The molecule has 1 unspecified atom stereocenters. The van der Waals surface area contributed by atoms with Crippen molar-refractivity contribution in [1.29, 1.82) is 0 Å². The van der Waals surface area contributed by atoms with Gasteiger partial charge in [-0.05, 0) is 37.7 Å². The van der Waals surface area contributed by atoms with Gasteiger partial charge in [0.05, 0.1) is 10.4 Å². The molecule has 2 rings (SSSR count). The standard InChI is InChI=1S/C15H22ClNO2/c1-3-15(9-4-5-10-17(2)14(15)19)11-7-6-8-12(18)13(11)16/h3-10H2,1-2H3. The van der Waals surface area contributed by atoms with Gasteiger partial charge in [0, 0.05) is 20.0 Å². The highest BCUT2D eigenvalue weighted by Crippen LogP contribution is 2.46. The SMILES string of the molecule is CCC1(C2=C(Cl)C(=O)CCC2)CCCCN(C)C1=O. The zero-order valence-electron chi connectivity index (χ0n) is 11.8. The van der Waals surface area contributed by atoms with Crippen LogP contribution in [0.15, 0.2) is 10.6 Å². The summed E-state index contributed by atoms with van der Waals surface area (Å²) in [6, 6.07) is 0. The van der Waals surface area contributed by atoms with Gasteiger partial charge >= 0.3 is 0 Å². The second-order valence-corrected chi connectivity index (χ2v) is 6.07. The van der Waals surface area contributed by atoms with Gasteiger partial charge in [-0.25, -0.2) is 0 Å². The molecule has 0 radical (unpaired) electrons. The van der Waals surface area contributed by atoms with E-state index in [1.165, 1.54) is 0 Å². The topological polar surface area (TPSA) is 37.4 Å². The maximum absolute atomic E-state index is 12.8. The minimum Gasteiger partial charge on any atom is -0.345 e. The molecule has 2 aliphatic rings. The van der Waals surface area contributed by atoms with Gasteiger partial charge < -0.3 is 4.90 Å². The van der Waals surface area contributed by atoms with Gasteiger partial charge in [0.25, 0.3) is 0 Å². The molecule has 1 saturated heterocycles. The Balaban J connectivity index is 2.48. The van der Waals surface area contributed by atoms with E-state index in [0.717, 1.165) is 50.6 Å². The van der Waals surface area contributed by atoms with Crippen molar-refractivity contribution in [2.45, 2.75) is 51.9 Å². The van der Waals surface area contributed by atoms with Crippen LogP contribution in [-0.2, 0) is 9.59 Å². The van der Waals surface area contributed by atoms with Gasteiger partial charge in [0.15, 0.2) is 5.78 Å². The number of rotatable bonds is 2. The molecule has 0 spiro atoms. The van der Waals surface area contributed by atoms with Crippen LogP contribution in [0.5, 0.6) is 0 Å². The van der Waals surface area contributed by atoms with E-state index in [9.17, 15) is 9.59 Å². The van der Waals surface area contributed by atoms with E-state index in [1.807, 2.05) is 18.9 Å². The molecule has 19 heavy (non-hydrogen) atoms. The summed E-state index contributed by atoms with van der Waals surface area (Å²) in [6.45, 7) is 2.84. The van der Waals surface area contributed by atoms with Crippen LogP contribution in [0, 0.1) is 5.41 Å². The summed E-state index contributed by atoms with van der Waals surface area (Å²) in [5.41, 5.74) is 0.380. The third-order valence-electron chi connectivity index (χ3n) is 4.62. The van der Waals surface area contributed by atoms with Gasteiger partial charge in [-0.15, -0.1) is 0 Å². The highest BCUT2D eigenvalue weighted by molar-refractivity contribution is 6.43. The Morgan fingerprint density at radius 2 is 1.95 bits per heavy atom. The Morgan fingerprint density at radius 1 is 1.21 bits per heavy atom. The molecule has 0 bridgehead atoms. The molecular formula is C15H22ClNO2. The number of carbonyl (C=O) groups is 2. The largest absolute Gasteiger partial charge is 0.345 e. The van der Waals surface area contributed by atoms with Crippen LogP contribution < -0.4 is 0 Å². The summed E-state index contributed by atoms with van der Waals surface area (Å²) in [5.74, 6) is 0.158. The third kappa shape index (κ3) is 2.45. The Hall–Kier alpha value is -0.830. The molecule has 3 nitrogen and oxygen atoms in total. The lowest BCUT2D eigenvalue weighted by molar-refractivity contribution is -0.138. The zero-order chi connectivity index (χ0) is 14.0. The van der Waals surface area contributed by atoms with Crippen molar-refractivity contribution in [2.24, 2.45) is 5.41 Å². The van der Waals surface area contributed by atoms with Gasteiger partial charge in [-0.2, -0.15) is 0 Å². The van der Waals surface area contributed by atoms with Gasteiger partial charge in [0.2, 0.25) is 5.91 Å². The first-order valence-corrected chi connectivity index (χ1v) is 7.58. The molecule has 1 amide bonds. The van der Waals surface area contributed by atoms with E-state index in [-0.39, 0.29) is 11.7 Å². The minimum absolute atomic E-state index is 0.00967. The summed E-state index contributed by atoms with van der Waals surface area (Å²) >= 11 is 6.26. The van der Waals surface area contributed by atoms with Crippen LogP contribution in [0.2, 0.25) is 0 Å². The number of amides is 1. The van der Waals surface area contributed by atoms with Gasteiger partial charge in [-0.1, -0.05) is 24.9 Å². The Morgan fingerprint density at radius 3 is 2.63 bits per heavy atom. The van der Waals surface area contributed by atoms with Crippen LogP contribution in [-0.4, -0.2) is 30.2 Å². The molecule has 1 heterocycles. The maximum atomic E-state index is 12.8. The average molecular weight is 284 g/mol. The number of carbonyl (C=O) groups excluding carboxylic acids is 2. The molecule has 1 aliphatic carbocycles. The van der Waals surface area contributed by atoms with Crippen LogP contribution in [0.1, 0.15) is 51.9 Å². The summed E-state index contributed by atoms with van der Waals surface area (Å²) in [4.78, 5) is 26.4. The van der Waals surface area contributed by atoms with Crippen molar-refractivity contribution >= 4 is 23.3 Å². The van der Waals surface area contributed by atoms with E-state index in [4.69, 9.17) is 11.6 Å². The zero-order valence-corrected chi connectivity index (χ0v) is 12.6. The Kier molecular flexibility index (Phi) is 4.34. The molecule has 0 aromatic rings. The van der Waals surface area contributed by atoms with E-state index in [1.54, 1.807) is 0 Å². The lowest BCUT2D eigenvalue weighted by Gasteiger charge is -2.37. The number of allylic oxidation sites excluding steroid dienone is 1. The highest BCUT2D eigenvalue weighted by Gasteiger charge is 2.45. The summed E-state index contributed by atoms with van der Waals surface area (Å²) in [7, 11) is 1.86. The van der Waals surface area contributed by atoms with Crippen LogP contribution >= 0.6 is 11.6 Å². The number of halogens is 1. The summed E-state index contributed by atoms with van der Waals surface area (Å²) in [6.07, 6.45) is 5.74. The molecule has 106 valence electrons. The molecule has 0 aromatic heterocycles. The first-order chi connectivity index (χ1) is 9.03. The normalized spacial score (nSPS) is 29.7. The van der Waals surface area contributed by atoms with E-state index in [0.29, 0.717) is 11.5 Å². The Bertz CT molecular complexity index is 430. The predicted octanol–water partition coefficient (Wildman–Crippen LogP) is 3.27.